The highest BCUT2D eigenvalue weighted by molar-refractivity contribution is 5.85. The van der Waals surface area contributed by atoms with Gasteiger partial charge in [-0.25, -0.2) is 5.48 Å². The summed E-state index contributed by atoms with van der Waals surface area (Å²) in [6, 6.07) is -0.357. The zero-order valence-electron chi connectivity index (χ0n) is 16.5. The van der Waals surface area contributed by atoms with Crippen LogP contribution in [0.15, 0.2) is 0 Å². The molecule has 0 aliphatic heterocycles. The van der Waals surface area contributed by atoms with Gasteiger partial charge in [0.15, 0.2) is 0 Å². The number of amides is 2. The average molecular weight is 370 g/mol. The molecule has 1 fully saturated rings. The van der Waals surface area contributed by atoms with Crippen molar-refractivity contribution in [3.05, 3.63) is 0 Å². The highest BCUT2D eigenvalue weighted by Gasteiger charge is 2.32. The lowest BCUT2D eigenvalue weighted by Gasteiger charge is -2.33. The third-order valence-corrected chi connectivity index (χ3v) is 5.09. The van der Waals surface area contributed by atoms with Gasteiger partial charge in [-0.1, -0.05) is 52.9 Å². The quantitative estimate of drug-likeness (QED) is 0.346. The Morgan fingerprint density at radius 3 is 2.27 bits per heavy atom. The van der Waals surface area contributed by atoms with Crippen molar-refractivity contribution in [2.24, 2.45) is 17.3 Å². The molecule has 1 rings (SSSR count). The zero-order valence-corrected chi connectivity index (χ0v) is 16.5. The van der Waals surface area contributed by atoms with E-state index in [4.69, 9.17) is 9.94 Å². The van der Waals surface area contributed by atoms with Crippen LogP contribution in [0.5, 0.6) is 0 Å². The van der Waals surface area contributed by atoms with Gasteiger partial charge in [-0.15, -0.1) is 0 Å². The SMILES string of the molecule is CC(=O)OC[C@@H](NC(=O)[C@@H](CC(=O)NO)CC1CCCCC1)C(C)(C)C. The van der Waals surface area contributed by atoms with E-state index in [1.165, 1.54) is 13.3 Å². The van der Waals surface area contributed by atoms with Gasteiger partial charge in [0, 0.05) is 19.3 Å². The molecule has 0 saturated heterocycles. The third-order valence-electron chi connectivity index (χ3n) is 5.09. The summed E-state index contributed by atoms with van der Waals surface area (Å²) >= 11 is 0. The maximum Gasteiger partial charge on any atom is 0.302 e. The Kier molecular flexibility index (Phi) is 9.05. The number of hydroxylamine groups is 1. The highest BCUT2D eigenvalue weighted by Crippen LogP contribution is 2.30. The topological polar surface area (TPSA) is 105 Å². The zero-order chi connectivity index (χ0) is 19.7. The number of esters is 1. The summed E-state index contributed by atoms with van der Waals surface area (Å²) in [5, 5.41) is 11.8. The number of nitrogens with one attached hydrogen (secondary N) is 2. The number of rotatable bonds is 8. The van der Waals surface area contributed by atoms with Gasteiger partial charge in [0.2, 0.25) is 11.8 Å². The Hall–Kier alpha value is -1.63. The van der Waals surface area contributed by atoms with Crippen molar-refractivity contribution in [1.29, 1.82) is 0 Å². The minimum absolute atomic E-state index is 0.0523. The smallest absolute Gasteiger partial charge is 0.302 e. The lowest BCUT2D eigenvalue weighted by molar-refractivity contribution is -0.144. The second kappa shape index (κ2) is 10.5. The third kappa shape index (κ3) is 8.17. The molecule has 0 aromatic rings. The molecule has 3 N–H and O–H groups in total. The standard InChI is InChI=1S/C19H34N2O5/c1-13(22)26-12-16(19(2,3)4)20-18(24)15(11-17(23)21-25)10-14-8-6-5-7-9-14/h14-16,25H,5-12H2,1-4H3,(H,20,24)(H,21,23)/t15-,16-/m1/s1. The van der Waals surface area contributed by atoms with E-state index in [2.05, 4.69) is 5.32 Å². The van der Waals surface area contributed by atoms with E-state index in [1.54, 1.807) is 5.48 Å². The van der Waals surface area contributed by atoms with Crippen molar-refractivity contribution in [2.45, 2.75) is 78.7 Å². The minimum atomic E-state index is -0.562. The van der Waals surface area contributed by atoms with Crippen LogP contribution in [0.3, 0.4) is 0 Å². The Balaban J connectivity index is 2.79. The predicted molar refractivity (Wildman–Crippen MR) is 97.2 cm³/mol. The predicted octanol–water partition coefficient (Wildman–Crippen LogP) is 2.56. The van der Waals surface area contributed by atoms with Crippen molar-refractivity contribution >= 4 is 17.8 Å². The molecule has 1 aliphatic rings. The fourth-order valence-electron chi connectivity index (χ4n) is 3.38. The molecule has 1 saturated carbocycles. The molecule has 26 heavy (non-hydrogen) atoms. The molecule has 2 atom stereocenters. The molecule has 7 heteroatoms. The molecule has 0 aromatic heterocycles. The lowest BCUT2D eigenvalue weighted by atomic mass is 9.81. The summed E-state index contributed by atoms with van der Waals surface area (Å²) in [7, 11) is 0. The van der Waals surface area contributed by atoms with Crippen LogP contribution in [-0.4, -0.2) is 35.6 Å². The van der Waals surface area contributed by atoms with Crippen LogP contribution in [0.4, 0.5) is 0 Å². The summed E-state index contributed by atoms with van der Waals surface area (Å²) in [5.74, 6) is -1.27. The van der Waals surface area contributed by atoms with E-state index < -0.39 is 17.8 Å². The first kappa shape index (κ1) is 22.4. The molecular formula is C19H34N2O5. The van der Waals surface area contributed by atoms with E-state index in [0.29, 0.717) is 12.3 Å². The molecule has 0 bridgehead atoms. The van der Waals surface area contributed by atoms with Gasteiger partial charge in [0.25, 0.3) is 0 Å². The van der Waals surface area contributed by atoms with Crippen molar-refractivity contribution in [1.82, 2.24) is 10.8 Å². The molecule has 0 radical (unpaired) electrons. The Labute approximate surface area is 156 Å². The first-order valence-electron chi connectivity index (χ1n) is 9.50. The number of ether oxygens (including phenoxy) is 1. The monoisotopic (exact) mass is 370 g/mol. The fourth-order valence-corrected chi connectivity index (χ4v) is 3.38. The van der Waals surface area contributed by atoms with Gasteiger partial charge < -0.3 is 10.1 Å². The van der Waals surface area contributed by atoms with Crippen molar-refractivity contribution in [3.63, 3.8) is 0 Å². The summed E-state index contributed by atoms with van der Waals surface area (Å²) in [4.78, 5) is 35.6. The molecule has 0 unspecified atom stereocenters. The van der Waals surface area contributed by atoms with Crippen molar-refractivity contribution in [3.8, 4) is 0 Å². The van der Waals surface area contributed by atoms with Crippen LogP contribution in [-0.2, 0) is 19.1 Å². The molecule has 7 nitrogen and oxygen atoms in total. The van der Waals surface area contributed by atoms with E-state index in [9.17, 15) is 14.4 Å². The first-order valence-corrected chi connectivity index (χ1v) is 9.50. The summed E-state index contributed by atoms with van der Waals surface area (Å²) in [6.45, 7) is 7.29. The Morgan fingerprint density at radius 2 is 1.77 bits per heavy atom. The number of carbonyl (C=O) groups excluding carboxylic acids is 3. The molecule has 1 aliphatic carbocycles. The normalized spacial score (nSPS) is 17.9. The van der Waals surface area contributed by atoms with Gasteiger partial charge in [-0.05, 0) is 17.8 Å². The van der Waals surface area contributed by atoms with Gasteiger partial charge in [0.1, 0.15) is 6.61 Å². The van der Waals surface area contributed by atoms with Gasteiger partial charge in [0.05, 0.1) is 6.04 Å². The number of hydrogen-bond acceptors (Lipinski definition) is 5. The number of hydrogen-bond donors (Lipinski definition) is 3. The van der Waals surface area contributed by atoms with Crippen LogP contribution >= 0.6 is 0 Å². The first-order chi connectivity index (χ1) is 12.1. The lowest BCUT2D eigenvalue weighted by Crippen LogP contribution is -2.49. The summed E-state index contributed by atoms with van der Waals surface area (Å²) < 4.78 is 5.09. The van der Waals surface area contributed by atoms with Crippen molar-refractivity contribution in [2.75, 3.05) is 6.61 Å². The molecule has 150 valence electrons. The van der Waals surface area contributed by atoms with Crippen LogP contribution in [0.25, 0.3) is 0 Å². The van der Waals surface area contributed by atoms with Gasteiger partial charge >= 0.3 is 5.97 Å². The maximum absolute atomic E-state index is 12.9. The van der Waals surface area contributed by atoms with E-state index in [-0.39, 0.29) is 30.4 Å². The summed E-state index contributed by atoms with van der Waals surface area (Å²) in [5.41, 5.74) is 1.32. The van der Waals surface area contributed by atoms with Crippen molar-refractivity contribution < 1.29 is 24.3 Å². The second-order valence-corrected chi connectivity index (χ2v) is 8.41. The van der Waals surface area contributed by atoms with Crippen LogP contribution in [0, 0.1) is 17.3 Å². The largest absolute Gasteiger partial charge is 0.464 e. The molecule has 0 aromatic carbocycles. The maximum atomic E-state index is 12.9. The van der Waals surface area contributed by atoms with Gasteiger partial charge in [-0.3, -0.25) is 19.6 Å². The van der Waals surface area contributed by atoms with E-state index in [1.807, 2.05) is 20.8 Å². The number of carbonyl (C=O) groups is 3. The van der Waals surface area contributed by atoms with E-state index in [0.717, 1.165) is 25.7 Å². The molecular weight excluding hydrogens is 336 g/mol. The van der Waals surface area contributed by atoms with E-state index >= 15 is 0 Å². The molecule has 0 spiro atoms. The van der Waals surface area contributed by atoms with Crippen LogP contribution in [0.2, 0.25) is 0 Å². The second-order valence-electron chi connectivity index (χ2n) is 8.41. The average Bonchev–Trinajstić information content (AvgIpc) is 2.57. The molecule has 2 amide bonds. The minimum Gasteiger partial charge on any atom is -0.464 e. The summed E-state index contributed by atoms with van der Waals surface area (Å²) in [6.07, 6.45) is 6.25. The van der Waals surface area contributed by atoms with Crippen LogP contribution < -0.4 is 10.8 Å². The van der Waals surface area contributed by atoms with Crippen LogP contribution in [0.1, 0.15) is 72.6 Å². The van der Waals surface area contributed by atoms with Gasteiger partial charge in [-0.2, -0.15) is 0 Å². The Morgan fingerprint density at radius 1 is 1.15 bits per heavy atom. The highest BCUT2D eigenvalue weighted by atomic mass is 16.5. The molecule has 0 heterocycles. The fraction of sp³-hybridized carbons (Fsp3) is 0.842. The Bertz CT molecular complexity index is 481.